The molecule has 1 N–H and O–H groups in total. The van der Waals surface area contributed by atoms with Gasteiger partial charge in [0.05, 0.1) is 5.56 Å². The first-order valence-electron chi connectivity index (χ1n) is 13.5. The number of para-hydroxylation sites is 1. The van der Waals surface area contributed by atoms with Crippen molar-refractivity contribution in [3.63, 3.8) is 0 Å². The molecule has 4 nitrogen and oxygen atoms in total. The number of ether oxygens (including phenoxy) is 1. The fourth-order valence-electron chi connectivity index (χ4n) is 5.16. The normalized spacial score (nSPS) is 12.9. The molecule has 1 heterocycles. The van der Waals surface area contributed by atoms with Gasteiger partial charge in [0.1, 0.15) is 17.4 Å². The number of aliphatic imine (C=N–C) groups is 1. The number of benzene rings is 4. The van der Waals surface area contributed by atoms with Gasteiger partial charge in [-0.15, -0.1) is 11.3 Å². The molecule has 0 atom stereocenters. The Labute approximate surface area is 233 Å². The van der Waals surface area contributed by atoms with E-state index in [1.54, 1.807) is 11.3 Å². The molecular formula is C34H30N2O2S. The smallest absolute Gasteiger partial charge is 0.254 e. The Balaban J connectivity index is 1.24. The number of hydrogen-bond acceptors (Lipinski definition) is 4. The number of thiophene rings is 1. The van der Waals surface area contributed by atoms with Crippen molar-refractivity contribution in [2.24, 2.45) is 4.99 Å². The van der Waals surface area contributed by atoms with E-state index < -0.39 is 0 Å². The van der Waals surface area contributed by atoms with Gasteiger partial charge in [-0.3, -0.25) is 4.79 Å². The molecule has 0 spiro atoms. The Morgan fingerprint density at radius 1 is 0.872 bits per heavy atom. The third-order valence-electron chi connectivity index (χ3n) is 7.18. The number of nitrogens with zero attached hydrogens (tertiary/aromatic N) is 1. The van der Waals surface area contributed by atoms with Crippen LogP contribution in [0.2, 0.25) is 0 Å². The molecule has 5 heteroatoms. The van der Waals surface area contributed by atoms with Gasteiger partial charge in [-0.05, 0) is 65.3 Å². The van der Waals surface area contributed by atoms with Gasteiger partial charge in [-0.1, -0.05) is 84.9 Å². The summed E-state index contributed by atoms with van der Waals surface area (Å²) in [7, 11) is 0. The van der Waals surface area contributed by atoms with Crippen LogP contribution in [0.3, 0.4) is 0 Å². The molecule has 6 rings (SSSR count). The highest BCUT2D eigenvalue weighted by atomic mass is 32.1. The van der Waals surface area contributed by atoms with Gasteiger partial charge in [0.2, 0.25) is 0 Å². The van der Waals surface area contributed by atoms with Crippen LogP contribution in [-0.4, -0.2) is 12.1 Å². The fourth-order valence-corrected chi connectivity index (χ4v) is 6.39. The van der Waals surface area contributed by atoms with Gasteiger partial charge in [-0.25, -0.2) is 4.99 Å². The highest BCUT2D eigenvalue weighted by Gasteiger charge is 2.25. The first kappa shape index (κ1) is 25.1. The minimum atomic E-state index is -0.0501. The molecule has 0 aliphatic heterocycles. The molecule has 0 bridgehead atoms. The van der Waals surface area contributed by atoms with Gasteiger partial charge >= 0.3 is 0 Å². The predicted octanol–water partition coefficient (Wildman–Crippen LogP) is 8.04. The summed E-state index contributed by atoms with van der Waals surface area (Å²) in [5, 5.41) is 6.30. The Morgan fingerprint density at radius 2 is 1.64 bits per heavy atom. The Hall–Kier alpha value is -4.22. The van der Waals surface area contributed by atoms with Gasteiger partial charge in [0, 0.05) is 23.2 Å². The molecular weight excluding hydrogens is 500 g/mol. The van der Waals surface area contributed by atoms with Crippen LogP contribution in [0.15, 0.2) is 102 Å². The van der Waals surface area contributed by atoms with Crippen molar-refractivity contribution in [2.45, 2.75) is 38.8 Å². The van der Waals surface area contributed by atoms with E-state index in [9.17, 15) is 4.79 Å². The van der Waals surface area contributed by atoms with Crippen molar-refractivity contribution in [3.05, 3.63) is 130 Å². The zero-order chi connectivity index (χ0) is 26.4. The minimum absolute atomic E-state index is 0.0501. The van der Waals surface area contributed by atoms with E-state index in [1.165, 1.54) is 21.2 Å². The van der Waals surface area contributed by atoms with Crippen LogP contribution in [0.5, 0.6) is 5.75 Å². The third kappa shape index (κ3) is 5.64. The molecule has 0 saturated carbocycles. The Kier molecular flexibility index (Phi) is 7.50. The van der Waals surface area contributed by atoms with Crippen LogP contribution in [0.1, 0.15) is 50.3 Å². The highest BCUT2D eigenvalue weighted by Crippen LogP contribution is 2.40. The number of aryl methyl sites for hydroxylation is 1. The second-order valence-electron chi connectivity index (χ2n) is 9.78. The van der Waals surface area contributed by atoms with Crippen molar-refractivity contribution in [1.82, 2.24) is 5.32 Å². The largest absolute Gasteiger partial charge is 0.488 e. The average Bonchev–Trinajstić information content (AvgIpc) is 3.37. The topological polar surface area (TPSA) is 50.7 Å². The fraction of sp³-hybridized carbons (Fsp3) is 0.176. The molecule has 1 aliphatic rings. The lowest BCUT2D eigenvalue weighted by Gasteiger charge is -2.13. The molecule has 194 valence electrons. The van der Waals surface area contributed by atoms with E-state index in [0.29, 0.717) is 13.2 Å². The van der Waals surface area contributed by atoms with E-state index in [2.05, 4.69) is 47.8 Å². The Morgan fingerprint density at radius 3 is 2.56 bits per heavy atom. The van der Waals surface area contributed by atoms with E-state index in [0.717, 1.165) is 58.7 Å². The predicted molar refractivity (Wildman–Crippen MR) is 161 cm³/mol. The van der Waals surface area contributed by atoms with Crippen LogP contribution in [0.25, 0.3) is 10.8 Å². The molecule has 0 radical (unpaired) electrons. The zero-order valence-corrected chi connectivity index (χ0v) is 22.5. The van der Waals surface area contributed by atoms with Gasteiger partial charge in [0.15, 0.2) is 0 Å². The summed E-state index contributed by atoms with van der Waals surface area (Å²) >= 11 is 1.65. The molecule has 1 aromatic heterocycles. The lowest BCUT2D eigenvalue weighted by atomic mass is 9.95. The second kappa shape index (κ2) is 11.7. The monoisotopic (exact) mass is 530 g/mol. The zero-order valence-electron chi connectivity index (χ0n) is 21.7. The lowest BCUT2D eigenvalue weighted by Crippen LogP contribution is -2.24. The van der Waals surface area contributed by atoms with Crippen LogP contribution in [0.4, 0.5) is 5.00 Å². The van der Waals surface area contributed by atoms with Crippen LogP contribution in [-0.2, 0) is 26.0 Å². The number of rotatable bonds is 8. The third-order valence-corrected chi connectivity index (χ3v) is 8.38. The summed E-state index contributed by atoms with van der Waals surface area (Å²) in [5.74, 6) is 0.719. The van der Waals surface area contributed by atoms with Gasteiger partial charge in [0.25, 0.3) is 5.91 Å². The molecule has 0 saturated heterocycles. The van der Waals surface area contributed by atoms with Crippen molar-refractivity contribution in [1.29, 1.82) is 0 Å². The van der Waals surface area contributed by atoms with Gasteiger partial charge in [-0.2, -0.15) is 0 Å². The Bertz CT molecular complexity index is 1630. The van der Waals surface area contributed by atoms with E-state index in [-0.39, 0.29) is 5.91 Å². The lowest BCUT2D eigenvalue weighted by molar-refractivity contribution is 0.0951. The van der Waals surface area contributed by atoms with Crippen molar-refractivity contribution in [3.8, 4) is 5.75 Å². The van der Waals surface area contributed by atoms with Gasteiger partial charge < -0.3 is 10.1 Å². The summed E-state index contributed by atoms with van der Waals surface area (Å²) < 4.78 is 6.30. The van der Waals surface area contributed by atoms with Crippen molar-refractivity contribution >= 4 is 39.2 Å². The second-order valence-corrected chi connectivity index (χ2v) is 10.9. The minimum Gasteiger partial charge on any atom is -0.488 e. The number of nitrogens with one attached hydrogen (secondary N) is 1. The van der Waals surface area contributed by atoms with Crippen molar-refractivity contribution in [2.75, 3.05) is 0 Å². The molecule has 4 aromatic carbocycles. The number of carbonyl (C=O) groups excluding carboxylic acids is 1. The van der Waals surface area contributed by atoms with Crippen LogP contribution >= 0.6 is 11.3 Å². The molecule has 0 fully saturated rings. The standard InChI is InChI=1S/C34H30N2O2S/c37-33(35-21-24-11-2-1-3-12-24)32-29-18-7-9-20-31(29)39-34(32)36-22-26-14-5-8-19-30(26)38-23-27-16-10-15-25-13-4-6-17-28(25)27/h1-6,8,10-17,19,22H,7,9,18,20-21,23H2,(H,35,37). The maximum atomic E-state index is 13.4. The average molecular weight is 531 g/mol. The summed E-state index contributed by atoms with van der Waals surface area (Å²) in [6.07, 6.45) is 6.05. The summed E-state index contributed by atoms with van der Waals surface area (Å²) in [4.78, 5) is 19.6. The maximum Gasteiger partial charge on any atom is 0.254 e. The molecule has 1 aliphatic carbocycles. The van der Waals surface area contributed by atoms with Crippen LogP contribution < -0.4 is 10.1 Å². The molecule has 5 aromatic rings. The number of amides is 1. The maximum absolute atomic E-state index is 13.4. The molecule has 0 unspecified atom stereocenters. The van der Waals surface area contributed by atoms with E-state index in [4.69, 9.17) is 9.73 Å². The SMILES string of the molecule is O=C(NCc1ccccc1)c1c(N=Cc2ccccc2OCc2cccc3ccccc23)sc2c1CCCC2. The number of fused-ring (bicyclic) bond motifs is 2. The van der Waals surface area contributed by atoms with Crippen molar-refractivity contribution < 1.29 is 9.53 Å². The first-order chi connectivity index (χ1) is 19.3. The molecule has 1 amide bonds. The van der Waals surface area contributed by atoms with E-state index in [1.807, 2.05) is 60.8 Å². The molecule has 39 heavy (non-hydrogen) atoms. The van der Waals surface area contributed by atoms with Crippen LogP contribution in [0, 0.1) is 0 Å². The highest BCUT2D eigenvalue weighted by molar-refractivity contribution is 7.16. The number of carbonyl (C=O) groups is 1. The summed E-state index contributed by atoms with van der Waals surface area (Å²) in [6.45, 7) is 0.963. The quantitative estimate of drug-likeness (QED) is 0.206. The number of hydrogen-bond donors (Lipinski definition) is 1. The van der Waals surface area contributed by atoms with E-state index >= 15 is 0 Å². The summed E-state index contributed by atoms with van der Waals surface area (Å²) in [5.41, 5.74) is 5.01. The summed E-state index contributed by atoms with van der Waals surface area (Å²) in [6, 6.07) is 32.6. The first-order valence-corrected chi connectivity index (χ1v) is 14.3.